The zero-order chi connectivity index (χ0) is 11.0. The fourth-order valence-electron chi connectivity index (χ4n) is 2.10. The molecule has 0 saturated heterocycles. The van der Waals surface area contributed by atoms with Gasteiger partial charge in [-0.25, -0.2) is 0 Å². The van der Waals surface area contributed by atoms with E-state index in [2.05, 4.69) is 5.32 Å². The first-order valence-electron chi connectivity index (χ1n) is 5.72. The first-order chi connectivity index (χ1) is 7.84. The molecular formula is C13H14ClNO. The third-order valence-corrected chi connectivity index (χ3v) is 3.63. The molecule has 84 valence electrons. The molecule has 1 aromatic heterocycles. The van der Waals surface area contributed by atoms with Crippen molar-refractivity contribution >= 4 is 22.6 Å². The van der Waals surface area contributed by atoms with Gasteiger partial charge >= 0.3 is 0 Å². The van der Waals surface area contributed by atoms with E-state index in [0.29, 0.717) is 6.04 Å². The molecule has 1 fully saturated rings. The van der Waals surface area contributed by atoms with Crippen LogP contribution >= 0.6 is 11.6 Å². The van der Waals surface area contributed by atoms with E-state index in [1.807, 2.05) is 24.5 Å². The molecule has 2 nitrogen and oxygen atoms in total. The van der Waals surface area contributed by atoms with Crippen LogP contribution in [0, 0.1) is 0 Å². The Balaban J connectivity index is 1.85. The largest absolute Gasteiger partial charge is 0.464 e. The predicted molar refractivity (Wildman–Crippen MR) is 65.7 cm³/mol. The maximum Gasteiger partial charge on any atom is 0.135 e. The topological polar surface area (TPSA) is 25.2 Å². The smallest absolute Gasteiger partial charge is 0.135 e. The first-order valence-corrected chi connectivity index (χ1v) is 6.10. The van der Waals surface area contributed by atoms with E-state index in [0.717, 1.165) is 28.1 Å². The monoisotopic (exact) mass is 235 g/mol. The molecule has 0 atom stereocenters. The normalized spacial score (nSPS) is 16.6. The van der Waals surface area contributed by atoms with Crippen molar-refractivity contribution in [3.63, 3.8) is 0 Å². The van der Waals surface area contributed by atoms with Crippen molar-refractivity contribution in [3.8, 4) is 0 Å². The summed E-state index contributed by atoms with van der Waals surface area (Å²) >= 11 is 6.18. The second-order valence-corrected chi connectivity index (χ2v) is 4.79. The first kappa shape index (κ1) is 10.2. The fraction of sp³-hybridized carbons (Fsp3) is 0.385. The average molecular weight is 236 g/mol. The van der Waals surface area contributed by atoms with Gasteiger partial charge in [-0.15, -0.1) is 0 Å². The molecule has 1 heterocycles. The Morgan fingerprint density at radius 2 is 2.25 bits per heavy atom. The van der Waals surface area contributed by atoms with E-state index >= 15 is 0 Å². The highest BCUT2D eigenvalue weighted by molar-refractivity contribution is 6.35. The molecule has 3 rings (SSSR count). The molecule has 1 aromatic carbocycles. The molecule has 1 aliphatic rings. The predicted octanol–water partition coefficient (Wildman–Crippen LogP) is 3.73. The second-order valence-electron chi connectivity index (χ2n) is 4.38. The molecule has 2 aromatic rings. The lowest BCUT2D eigenvalue weighted by Gasteiger charge is -2.26. The minimum atomic E-state index is 0.687. The van der Waals surface area contributed by atoms with Gasteiger partial charge in [-0.3, -0.25) is 0 Å². The maximum atomic E-state index is 6.18. The van der Waals surface area contributed by atoms with Gasteiger partial charge < -0.3 is 9.73 Å². The summed E-state index contributed by atoms with van der Waals surface area (Å²) in [5.74, 6) is 0. The van der Waals surface area contributed by atoms with Gasteiger partial charge in [0.2, 0.25) is 0 Å². The van der Waals surface area contributed by atoms with E-state index in [9.17, 15) is 0 Å². The third kappa shape index (κ3) is 1.72. The zero-order valence-corrected chi connectivity index (χ0v) is 9.76. The standard InChI is InChI=1S/C13H14ClNO/c14-11-5-2-6-12-13(11)9(8-16-12)7-15-10-3-1-4-10/h2,5-6,8,10,15H,1,3-4,7H2. The van der Waals surface area contributed by atoms with Gasteiger partial charge in [0.1, 0.15) is 5.58 Å². The van der Waals surface area contributed by atoms with Crippen molar-refractivity contribution in [2.75, 3.05) is 0 Å². The minimum Gasteiger partial charge on any atom is -0.464 e. The number of benzene rings is 1. The SMILES string of the molecule is Clc1cccc2occ(CNC3CCC3)c12. The van der Waals surface area contributed by atoms with Gasteiger partial charge in [0.05, 0.1) is 11.3 Å². The van der Waals surface area contributed by atoms with Gasteiger partial charge in [-0.05, 0) is 25.0 Å². The summed E-state index contributed by atoms with van der Waals surface area (Å²) in [6.07, 6.45) is 5.75. The van der Waals surface area contributed by atoms with Crippen LogP contribution in [0.1, 0.15) is 24.8 Å². The molecule has 0 spiro atoms. The van der Waals surface area contributed by atoms with Gasteiger partial charge in [0, 0.05) is 23.5 Å². The Bertz CT molecular complexity index is 502. The number of halogens is 1. The van der Waals surface area contributed by atoms with Crippen LogP contribution in [0.25, 0.3) is 11.0 Å². The molecule has 0 radical (unpaired) electrons. The molecule has 1 saturated carbocycles. The van der Waals surface area contributed by atoms with Crippen LogP contribution in [0.5, 0.6) is 0 Å². The van der Waals surface area contributed by atoms with Crippen LogP contribution in [0.4, 0.5) is 0 Å². The fourth-order valence-corrected chi connectivity index (χ4v) is 2.39. The number of nitrogens with one attached hydrogen (secondary N) is 1. The lowest BCUT2D eigenvalue weighted by molar-refractivity contribution is 0.338. The molecule has 1 N–H and O–H groups in total. The number of furan rings is 1. The Hall–Kier alpha value is -0.990. The Morgan fingerprint density at radius 1 is 1.38 bits per heavy atom. The van der Waals surface area contributed by atoms with Crippen molar-refractivity contribution in [1.82, 2.24) is 5.32 Å². The van der Waals surface area contributed by atoms with Crippen molar-refractivity contribution in [1.29, 1.82) is 0 Å². The van der Waals surface area contributed by atoms with Crippen LogP contribution in [0.15, 0.2) is 28.9 Å². The minimum absolute atomic E-state index is 0.687. The van der Waals surface area contributed by atoms with E-state index in [-0.39, 0.29) is 0 Å². The van der Waals surface area contributed by atoms with E-state index in [1.165, 1.54) is 19.3 Å². The van der Waals surface area contributed by atoms with Gasteiger partial charge in [0.15, 0.2) is 0 Å². The third-order valence-electron chi connectivity index (χ3n) is 3.31. The van der Waals surface area contributed by atoms with Crippen molar-refractivity contribution < 1.29 is 4.42 Å². The van der Waals surface area contributed by atoms with Crippen molar-refractivity contribution in [2.45, 2.75) is 31.8 Å². The molecule has 0 aliphatic heterocycles. The zero-order valence-electron chi connectivity index (χ0n) is 9.00. The number of hydrogen-bond acceptors (Lipinski definition) is 2. The molecule has 1 aliphatic carbocycles. The Kier molecular flexibility index (Phi) is 2.62. The number of hydrogen-bond donors (Lipinski definition) is 1. The van der Waals surface area contributed by atoms with Crippen molar-refractivity contribution in [3.05, 3.63) is 35.0 Å². The highest BCUT2D eigenvalue weighted by atomic mass is 35.5. The molecule has 0 unspecified atom stereocenters. The summed E-state index contributed by atoms with van der Waals surface area (Å²) in [6, 6.07) is 6.46. The van der Waals surface area contributed by atoms with Crippen molar-refractivity contribution in [2.24, 2.45) is 0 Å². The number of fused-ring (bicyclic) bond motifs is 1. The lowest BCUT2D eigenvalue weighted by Crippen LogP contribution is -2.34. The van der Waals surface area contributed by atoms with E-state index in [1.54, 1.807) is 0 Å². The Morgan fingerprint density at radius 3 is 3.00 bits per heavy atom. The van der Waals surface area contributed by atoms with E-state index in [4.69, 9.17) is 16.0 Å². The molecule has 0 amide bonds. The second kappa shape index (κ2) is 4.11. The summed E-state index contributed by atoms with van der Waals surface area (Å²) in [5, 5.41) is 5.35. The highest BCUT2D eigenvalue weighted by Gasteiger charge is 2.17. The van der Waals surface area contributed by atoms with Crippen LogP contribution in [0.3, 0.4) is 0 Å². The lowest BCUT2D eigenvalue weighted by atomic mass is 9.93. The Labute approximate surface area is 99.6 Å². The van der Waals surface area contributed by atoms with Gasteiger partial charge in [-0.1, -0.05) is 24.1 Å². The van der Waals surface area contributed by atoms with Crippen LogP contribution in [0.2, 0.25) is 5.02 Å². The maximum absolute atomic E-state index is 6.18. The summed E-state index contributed by atoms with van der Waals surface area (Å²) in [4.78, 5) is 0. The highest BCUT2D eigenvalue weighted by Crippen LogP contribution is 2.29. The average Bonchev–Trinajstić information content (AvgIpc) is 2.61. The van der Waals surface area contributed by atoms with Gasteiger partial charge in [-0.2, -0.15) is 0 Å². The summed E-state index contributed by atoms with van der Waals surface area (Å²) in [5.41, 5.74) is 2.03. The molecule has 16 heavy (non-hydrogen) atoms. The molecule has 3 heteroatoms. The number of rotatable bonds is 3. The molecule has 0 bridgehead atoms. The van der Waals surface area contributed by atoms with Crippen LogP contribution < -0.4 is 5.32 Å². The van der Waals surface area contributed by atoms with E-state index < -0.39 is 0 Å². The summed E-state index contributed by atoms with van der Waals surface area (Å²) in [7, 11) is 0. The van der Waals surface area contributed by atoms with Gasteiger partial charge in [0.25, 0.3) is 0 Å². The summed E-state index contributed by atoms with van der Waals surface area (Å²) in [6.45, 7) is 0.849. The molecular weight excluding hydrogens is 222 g/mol. The summed E-state index contributed by atoms with van der Waals surface area (Å²) < 4.78 is 5.49. The van der Waals surface area contributed by atoms with Crippen LogP contribution in [-0.4, -0.2) is 6.04 Å². The van der Waals surface area contributed by atoms with Crippen LogP contribution in [-0.2, 0) is 6.54 Å². The quantitative estimate of drug-likeness (QED) is 0.877.